The second-order valence-electron chi connectivity index (χ2n) is 4.79. The van der Waals surface area contributed by atoms with Crippen LogP contribution in [0.3, 0.4) is 0 Å². The Morgan fingerprint density at radius 1 is 1.18 bits per heavy atom. The van der Waals surface area contributed by atoms with Gasteiger partial charge in [0.1, 0.15) is 17.9 Å². The summed E-state index contributed by atoms with van der Waals surface area (Å²) in [7, 11) is 0. The molecule has 5 nitrogen and oxygen atoms in total. The molecule has 0 aliphatic heterocycles. The van der Waals surface area contributed by atoms with E-state index in [0.717, 1.165) is 16.6 Å². The number of aromatic nitrogens is 1. The Labute approximate surface area is 130 Å². The van der Waals surface area contributed by atoms with Gasteiger partial charge in [0.25, 0.3) is 0 Å². The average Bonchev–Trinajstić information content (AvgIpc) is 2.51. The van der Waals surface area contributed by atoms with Crippen LogP contribution in [-0.2, 0) is 14.3 Å². The fourth-order valence-electron chi connectivity index (χ4n) is 2.12. The van der Waals surface area contributed by atoms with Gasteiger partial charge in [0.05, 0.1) is 6.61 Å². The van der Waals surface area contributed by atoms with Crippen LogP contribution in [0.4, 0.5) is 0 Å². The number of fused-ring (bicyclic) bond motifs is 1. The van der Waals surface area contributed by atoms with E-state index in [1.165, 1.54) is 0 Å². The Hall–Kier alpha value is -2.14. The molecule has 0 N–H and O–H groups in total. The van der Waals surface area contributed by atoms with Crippen LogP contribution in [0.15, 0.2) is 30.3 Å². The zero-order valence-corrected chi connectivity index (χ0v) is 13.2. The second-order valence-corrected chi connectivity index (χ2v) is 4.79. The smallest absolute Gasteiger partial charge is 0.338 e. The average molecular weight is 303 g/mol. The maximum atomic E-state index is 11.8. The van der Waals surface area contributed by atoms with E-state index in [9.17, 15) is 4.79 Å². The number of hydrogen-bond donors (Lipinski definition) is 0. The van der Waals surface area contributed by atoms with Crippen LogP contribution in [0, 0.1) is 6.92 Å². The lowest BCUT2D eigenvalue weighted by Gasteiger charge is -2.17. The number of esters is 1. The highest BCUT2D eigenvalue weighted by atomic mass is 16.6. The van der Waals surface area contributed by atoms with Gasteiger partial charge in [-0.25, -0.2) is 9.78 Å². The van der Waals surface area contributed by atoms with Crippen molar-refractivity contribution in [3.8, 4) is 5.75 Å². The predicted molar refractivity (Wildman–Crippen MR) is 84.0 cm³/mol. The summed E-state index contributed by atoms with van der Waals surface area (Å²) in [4.78, 5) is 16.3. The van der Waals surface area contributed by atoms with Crippen molar-refractivity contribution >= 4 is 16.9 Å². The number of pyridine rings is 1. The van der Waals surface area contributed by atoms with Crippen molar-refractivity contribution in [1.29, 1.82) is 0 Å². The quantitative estimate of drug-likeness (QED) is 0.736. The lowest BCUT2D eigenvalue weighted by Crippen LogP contribution is -2.32. The molecule has 5 heteroatoms. The van der Waals surface area contributed by atoms with Gasteiger partial charge in [-0.1, -0.05) is 18.2 Å². The van der Waals surface area contributed by atoms with E-state index < -0.39 is 12.1 Å². The van der Waals surface area contributed by atoms with Crippen molar-refractivity contribution in [1.82, 2.24) is 4.98 Å². The van der Waals surface area contributed by atoms with Gasteiger partial charge in [0.15, 0.2) is 6.10 Å². The third-order valence-electron chi connectivity index (χ3n) is 3.13. The topological polar surface area (TPSA) is 57.7 Å². The van der Waals surface area contributed by atoms with E-state index in [4.69, 9.17) is 14.2 Å². The number of aryl methyl sites for hydroxylation is 1. The van der Waals surface area contributed by atoms with Crippen LogP contribution in [0.25, 0.3) is 10.9 Å². The van der Waals surface area contributed by atoms with Gasteiger partial charge in [-0.2, -0.15) is 0 Å². The molecule has 0 amide bonds. The van der Waals surface area contributed by atoms with Crippen molar-refractivity contribution in [3.05, 3.63) is 36.0 Å². The zero-order valence-electron chi connectivity index (χ0n) is 13.2. The number of benzene rings is 1. The Kier molecular flexibility index (Phi) is 5.72. The van der Waals surface area contributed by atoms with Crippen LogP contribution in [-0.4, -0.2) is 36.9 Å². The Bertz CT molecular complexity index is 642. The first-order valence-electron chi connectivity index (χ1n) is 7.43. The van der Waals surface area contributed by atoms with Gasteiger partial charge >= 0.3 is 5.97 Å². The Balaban J connectivity index is 2.15. The maximum Gasteiger partial charge on any atom is 0.338 e. The van der Waals surface area contributed by atoms with Crippen LogP contribution in [0.5, 0.6) is 5.75 Å². The number of para-hydroxylation sites is 1. The first-order valence-corrected chi connectivity index (χ1v) is 7.43. The standard InChI is InChI=1S/C17H21NO4/c1-4-20-15(17(19)21-5-2)11-22-14-8-6-7-13-10-9-12(3)18-16(13)14/h6-10,15H,4-5,11H2,1-3H3. The van der Waals surface area contributed by atoms with Gasteiger partial charge in [0.2, 0.25) is 0 Å². The molecule has 1 atom stereocenters. The molecule has 2 rings (SSSR count). The number of carbonyl (C=O) groups excluding carboxylic acids is 1. The van der Waals surface area contributed by atoms with Crippen molar-refractivity contribution in [2.75, 3.05) is 19.8 Å². The molecule has 0 radical (unpaired) electrons. The number of nitrogens with zero attached hydrogens (tertiary/aromatic N) is 1. The lowest BCUT2D eigenvalue weighted by molar-refractivity contribution is -0.158. The minimum absolute atomic E-state index is 0.0986. The van der Waals surface area contributed by atoms with E-state index in [2.05, 4.69) is 4.98 Å². The van der Waals surface area contributed by atoms with E-state index in [0.29, 0.717) is 19.0 Å². The molecule has 118 valence electrons. The predicted octanol–water partition coefficient (Wildman–Crippen LogP) is 2.89. The Morgan fingerprint density at radius 3 is 2.73 bits per heavy atom. The molecule has 1 aromatic carbocycles. The number of carbonyl (C=O) groups is 1. The van der Waals surface area contributed by atoms with E-state index >= 15 is 0 Å². The molecule has 0 aliphatic rings. The molecule has 2 aromatic rings. The molecular weight excluding hydrogens is 282 g/mol. The van der Waals surface area contributed by atoms with Crippen LogP contribution >= 0.6 is 0 Å². The van der Waals surface area contributed by atoms with Crippen molar-refractivity contribution < 1.29 is 19.0 Å². The normalized spacial score (nSPS) is 12.1. The first kappa shape index (κ1) is 16.2. The van der Waals surface area contributed by atoms with Gasteiger partial charge < -0.3 is 14.2 Å². The fourth-order valence-corrected chi connectivity index (χ4v) is 2.12. The van der Waals surface area contributed by atoms with E-state index in [1.807, 2.05) is 44.2 Å². The molecule has 1 aromatic heterocycles. The molecule has 0 bridgehead atoms. The van der Waals surface area contributed by atoms with Gasteiger partial charge in [-0.05, 0) is 32.9 Å². The third-order valence-corrected chi connectivity index (χ3v) is 3.13. The monoisotopic (exact) mass is 303 g/mol. The number of hydrogen-bond acceptors (Lipinski definition) is 5. The summed E-state index contributed by atoms with van der Waals surface area (Å²) >= 11 is 0. The van der Waals surface area contributed by atoms with E-state index in [-0.39, 0.29) is 6.61 Å². The summed E-state index contributed by atoms with van der Waals surface area (Å²) in [6.45, 7) is 6.35. The number of ether oxygens (including phenoxy) is 3. The fraction of sp³-hybridized carbons (Fsp3) is 0.412. The van der Waals surface area contributed by atoms with Gasteiger partial charge in [-0.3, -0.25) is 0 Å². The highest BCUT2D eigenvalue weighted by molar-refractivity contribution is 5.84. The van der Waals surface area contributed by atoms with Crippen LogP contribution in [0.2, 0.25) is 0 Å². The lowest BCUT2D eigenvalue weighted by atomic mass is 10.2. The minimum Gasteiger partial charge on any atom is -0.488 e. The summed E-state index contributed by atoms with van der Waals surface area (Å²) < 4.78 is 16.2. The van der Waals surface area contributed by atoms with Crippen molar-refractivity contribution in [2.45, 2.75) is 26.9 Å². The highest BCUT2D eigenvalue weighted by Crippen LogP contribution is 2.24. The molecular formula is C17H21NO4. The van der Waals surface area contributed by atoms with Crippen LogP contribution < -0.4 is 4.74 Å². The largest absolute Gasteiger partial charge is 0.488 e. The first-order chi connectivity index (χ1) is 10.7. The van der Waals surface area contributed by atoms with Gasteiger partial charge in [0, 0.05) is 17.7 Å². The summed E-state index contributed by atoms with van der Waals surface area (Å²) in [6.07, 6.45) is -0.731. The molecule has 1 unspecified atom stereocenters. The molecule has 0 fully saturated rings. The summed E-state index contributed by atoms with van der Waals surface area (Å²) in [6, 6.07) is 9.65. The number of rotatable bonds is 7. The molecule has 0 saturated heterocycles. The molecule has 0 saturated carbocycles. The molecule has 1 heterocycles. The van der Waals surface area contributed by atoms with Crippen molar-refractivity contribution in [3.63, 3.8) is 0 Å². The molecule has 0 spiro atoms. The van der Waals surface area contributed by atoms with Crippen LogP contribution in [0.1, 0.15) is 19.5 Å². The SMILES string of the molecule is CCOC(=O)C(COc1cccc2ccc(C)nc12)OCC. The molecule has 0 aliphatic carbocycles. The van der Waals surface area contributed by atoms with E-state index in [1.54, 1.807) is 6.92 Å². The summed E-state index contributed by atoms with van der Waals surface area (Å²) in [5, 5.41) is 0.993. The minimum atomic E-state index is -0.731. The third kappa shape index (κ3) is 3.95. The highest BCUT2D eigenvalue weighted by Gasteiger charge is 2.21. The second kappa shape index (κ2) is 7.75. The van der Waals surface area contributed by atoms with Crippen molar-refractivity contribution in [2.24, 2.45) is 0 Å². The molecule has 22 heavy (non-hydrogen) atoms. The van der Waals surface area contributed by atoms with Gasteiger partial charge in [-0.15, -0.1) is 0 Å². The zero-order chi connectivity index (χ0) is 15.9. The maximum absolute atomic E-state index is 11.8. The Morgan fingerprint density at radius 2 is 2.00 bits per heavy atom. The summed E-state index contributed by atoms with van der Waals surface area (Å²) in [5.41, 5.74) is 1.69. The summed E-state index contributed by atoms with van der Waals surface area (Å²) in [5.74, 6) is 0.226.